The highest BCUT2D eigenvalue weighted by molar-refractivity contribution is 6.08. The normalized spacial score (nSPS) is 19.2. The average molecular weight is 732 g/mol. The molecule has 0 unspecified atom stereocenters. The second kappa shape index (κ2) is 13.3. The summed E-state index contributed by atoms with van der Waals surface area (Å²) in [5, 5.41) is 16.6. The molecule has 8 rings (SSSR count). The van der Waals surface area contributed by atoms with Crippen LogP contribution in [0.25, 0.3) is 27.1 Å². The average Bonchev–Trinajstić information content (AvgIpc) is 3.56. The van der Waals surface area contributed by atoms with Crippen LogP contribution in [0.1, 0.15) is 77.5 Å². The number of allylic oxidation sites excluding steroid dienone is 8. The topological polar surface area (TPSA) is 70.5 Å². The van der Waals surface area contributed by atoms with Crippen LogP contribution in [-0.4, -0.2) is 37.6 Å². The summed E-state index contributed by atoms with van der Waals surface area (Å²) in [4.78, 5) is 29.5. The first-order valence-corrected chi connectivity index (χ1v) is 19.6. The minimum absolute atomic E-state index is 0.165. The fraction of sp³-hybridized carbons (Fsp3) is 0.312. The summed E-state index contributed by atoms with van der Waals surface area (Å²) >= 11 is 0. The molecule has 0 amide bonds. The Morgan fingerprint density at radius 3 is 2.09 bits per heavy atom. The van der Waals surface area contributed by atoms with E-state index in [1.807, 2.05) is 0 Å². The van der Waals surface area contributed by atoms with Crippen molar-refractivity contribution in [2.24, 2.45) is 14.1 Å². The first-order chi connectivity index (χ1) is 26.3. The summed E-state index contributed by atoms with van der Waals surface area (Å²) in [6.07, 6.45) is 11.1. The van der Waals surface area contributed by atoms with Gasteiger partial charge in [0.15, 0.2) is 5.71 Å². The zero-order valence-corrected chi connectivity index (χ0v) is 33.3. The van der Waals surface area contributed by atoms with Crippen LogP contribution >= 0.6 is 0 Å². The van der Waals surface area contributed by atoms with E-state index in [9.17, 15) is 14.7 Å². The predicted molar refractivity (Wildman–Crippen MR) is 227 cm³/mol. The van der Waals surface area contributed by atoms with Crippen LogP contribution in [0.5, 0.6) is 5.88 Å². The first kappa shape index (κ1) is 36.3. The molecule has 55 heavy (non-hydrogen) atoms. The molecule has 7 nitrogen and oxygen atoms in total. The molecule has 7 heteroatoms. The van der Waals surface area contributed by atoms with E-state index < -0.39 is 11.2 Å². The van der Waals surface area contributed by atoms with Crippen LogP contribution in [0.4, 0.5) is 11.4 Å². The van der Waals surface area contributed by atoms with E-state index in [0.717, 1.165) is 48.1 Å². The predicted octanol–water partition coefficient (Wildman–Crippen LogP) is 9.31. The van der Waals surface area contributed by atoms with Crippen LogP contribution in [-0.2, 0) is 24.9 Å². The smallest absolute Gasteiger partial charge is 0.333 e. The number of likely N-dealkylation sites (N-methyl/N-ethyl adjacent to an activating group) is 1. The van der Waals surface area contributed by atoms with Gasteiger partial charge < -0.3 is 10.0 Å². The Morgan fingerprint density at radius 1 is 0.764 bits per heavy atom. The van der Waals surface area contributed by atoms with Crippen molar-refractivity contribution < 1.29 is 9.68 Å². The molecule has 1 aliphatic carbocycles. The van der Waals surface area contributed by atoms with Crippen molar-refractivity contribution in [3.8, 4) is 5.88 Å². The van der Waals surface area contributed by atoms with Crippen LogP contribution < -0.4 is 16.1 Å². The maximum Gasteiger partial charge on any atom is 0.333 e. The molecule has 280 valence electrons. The Hall–Kier alpha value is -5.69. The first-order valence-electron chi connectivity index (χ1n) is 19.6. The lowest BCUT2D eigenvalue weighted by Crippen LogP contribution is -2.38. The van der Waals surface area contributed by atoms with E-state index in [-0.39, 0.29) is 22.3 Å². The van der Waals surface area contributed by atoms with Gasteiger partial charge in [-0.25, -0.2) is 4.79 Å². The lowest BCUT2D eigenvalue weighted by molar-refractivity contribution is -0.433. The van der Waals surface area contributed by atoms with E-state index >= 15 is 0 Å². The fourth-order valence-electron chi connectivity index (χ4n) is 9.74. The van der Waals surface area contributed by atoms with Crippen LogP contribution in [0, 0.1) is 0 Å². The summed E-state index contributed by atoms with van der Waals surface area (Å²) in [5.74, 6) is -0.312. The highest BCUT2D eigenvalue weighted by Crippen LogP contribution is 2.51. The van der Waals surface area contributed by atoms with Gasteiger partial charge in [0.2, 0.25) is 11.6 Å². The van der Waals surface area contributed by atoms with Gasteiger partial charge in [-0.2, -0.15) is 4.58 Å². The van der Waals surface area contributed by atoms with Gasteiger partial charge in [0.05, 0.1) is 5.41 Å². The summed E-state index contributed by atoms with van der Waals surface area (Å²) in [6, 6.07) is 26.1. The number of rotatable bonds is 6. The number of hydrogen-bond donors (Lipinski definition) is 1. The SMILES string of the molecule is CCN1/C(=C/C=C2\CCCC(/C=C/C3=[N+](CC)c4ccc5ccccc5c4C3(C)C)=C2c2c(O)n(C)c(=O)n(C)c2=O)C(C)(C)c2c1ccc1ccccc21. The van der Waals surface area contributed by atoms with Crippen molar-refractivity contribution in [2.45, 2.75) is 71.6 Å². The Labute approximate surface area is 323 Å². The van der Waals surface area contributed by atoms with Gasteiger partial charge in [-0.1, -0.05) is 80.6 Å². The van der Waals surface area contributed by atoms with Crippen molar-refractivity contribution in [1.82, 2.24) is 9.13 Å². The zero-order valence-electron chi connectivity index (χ0n) is 33.3. The molecule has 0 radical (unpaired) electrons. The zero-order chi connectivity index (χ0) is 39.0. The van der Waals surface area contributed by atoms with Crippen molar-refractivity contribution in [3.63, 3.8) is 0 Å². The molecule has 1 N–H and O–H groups in total. The monoisotopic (exact) mass is 731 g/mol. The number of aromatic nitrogens is 2. The van der Waals surface area contributed by atoms with Crippen molar-refractivity contribution in [3.05, 3.63) is 151 Å². The van der Waals surface area contributed by atoms with E-state index in [2.05, 4.69) is 148 Å². The largest absolute Gasteiger partial charge is 0.494 e. The van der Waals surface area contributed by atoms with Crippen LogP contribution in [0.15, 0.2) is 124 Å². The molecule has 0 atom stereocenters. The molecule has 3 heterocycles. The number of aromatic hydroxyl groups is 1. The molecule has 0 saturated carbocycles. The van der Waals surface area contributed by atoms with Gasteiger partial charge >= 0.3 is 5.69 Å². The summed E-state index contributed by atoms with van der Waals surface area (Å²) in [6.45, 7) is 15.2. The van der Waals surface area contributed by atoms with Crippen LogP contribution in [0.3, 0.4) is 0 Å². The molecule has 0 fully saturated rings. The van der Waals surface area contributed by atoms with Crippen molar-refractivity contribution in [2.75, 3.05) is 18.0 Å². The van der Waals surface area contributed by atoms with Gasteiger partial charge in [-0.05, 0) is 109 Å². The van der Waals surface area contributed by atoms with E-state index in [0.29, 0.717) is 5.57 Å². The third-order valence-electron chi connectivity index (χ3n) is 12.4. The van der Waals surface area contributed by atoms with E-state index in [1.54, 1.807) is 0 Å². The molecule has 5 aromatic rings. The quantitative estimate of drug-likeness (QED) is 0.177. The molecular weight excluding hydrogens is 681 g/mol. The second-order valence-corrected chi connectivity index (χ2v) is 16.2. The van der Waals surface area contributed by atoms with Gasteiger partial charge in [-0.15, -0.1) is 0 Å². The van der Waals surface area contributed by atoms with E-state index in [4.69, 9.17) is 0 Å². The molecule has 4 aromatic carbocycles. The molecule has 0 spiro atoms. The minimum atomic E-state index is -0.560. The third kappa shape index (κ3) is 5.42. The third-order valence-corrected chi connectivity index (χ3v) is 12.4. The van der Waals surface area contributed by atoms with Gasteiger partial charge in [-0.3, -0.25) is 13.9 Å². The van der Waals surface area contributed by atoms with Gasteiger partial charge in [0.1, 0.15) is 12.1 Å². The van der Waals surface area contributed by atoms with E-state index in [1.165, 1.54) is 74.1 Å². The highest BCUT2D eigenvalue weighted by atomic mass is 16.3. The molecular formula is C48H51N4O3+. The Bertz CT molecular complexity index is 2730. The summed E-state index contributed by atoms with van der Waals surface area (Å²) < 4.78 is 4.67. The summed E-state index contributed by atoms with van der Waals surface area (Å²) in [5.41, 5.74) is 8.60. The lowest BCUT2D eigenvalue weighted by Gasteiger charge is -2.27. The Balaban J connectivity index is 1.32. The molecule has 2 aliphatic heterocycles. The van der Waals surface area contributed by atoms with Gasteiger partial charge in [0.25, 0.3) is 5.56 Å². The standard InChI is InChI=1S/C48H50N4O3/c1-9-51-36-26-22-30-16-11-13-20-34(30)42(36)47(3,4)38(51)28-24-32-18-15-19-33(40(32)41-44(53)49(7)46(55)50(8)45(41)54)25-29-39-48(5,6)43-35-21-14-12-17-31(35)23-27-37(43)52(39)10-2/h11-14,16-17,20-29H,9-10,15,18-19H2,1-8H3/p+1/b32-24+,38-28+. The van der Waals surface area contributed by atoms with Crippen LogP contribution in [0.2, 0.25) is 0 Å². The molecule has 1 aromatic heterocycles. The number of benzene rings is 4. The number of nitrogens with zero attached hydrogens (tertiary/aromatic N) is 4. The fourth-order valence-corrected chi connectivity index (χ4v) is 9.74. The molecule has 0 bridgehead atoms. The van der Waals surface area contributed by atoms with Crippen molar-refractivity contribution in [1.29, 1.82) is 0 Å². The maximum atomic E-state index is 14.1. The lowest BCUT2D eigenvalue weighted by atomic mass is 9.78. The van der Waals surface area contributed by atoms with Crippen molar-refractivity contribution >= 4 is 44.2 Å². The number of anilines is 1. The highest BCUT2D eigenvalue weighted by Gasteiger charge is 2.45. The second-order valence-electron chi connectivity index (χ2n) is 16.2. The Kier molecular flexibility index (Phi) is 8.75. The summed E-state index contributed by atoms with van der Waals surface area (Å²) in [7, 11) is 3.00. The minimum Gasteiger partial charge on any atom is -0.494 e. The maximum absolute atomic E-state index is 14.1. The number of hydrogen-bond acceptors (Lipinski definition) is 4. The van der Waals surface area contributed by atoms with Gasteiger partial charge in [0, 0.05) is 55.1 Å². The Morgan fingerprint density at radius 2 is 1.42 bits per heavy atom. The molecule has 3 aliphatic rings. The molecule has 0 saturated heterocycles. The number of fused-ring (bicyclic) bond motifs is 6.